The molecule has 29 heavy (non-hydrogen) atoms. The second-order valence-electron chi connectivity index (χ2n) is 7.18. The molecule has 0 N–H and O–H groups in total. The quantitative estimate of drug-likeness (QED) is 0.241. The molecule has 0 saturated carbocycles. The van der Waals surface area contributed by atoms with E-state index in [1.54, 1.807) is 5.30 Å². The van der Waals surface area contributed by atoms with Crippen LogP contribution in [0.1, 0.15) is 66.2 Å². The number of fused-ring (bicyclic) bond motifs is 1. The van der Waals surface area contributed by atoms with Gasteiger partial charge in [-0.05, 0) is 12.3 Å². The van der Waals surface area contributed by atoms with Crippen molar-refractivity contribution >= 4 is 24.0 Å². The van der Waals surface area contributed by atoms with Gasteiger partial charge in [0.05, 0.1) is 0 Å². The van der Waals surface area contributed by atoms with Crippen molar-refractivity contribution in [1.82, 2.24) is 0 Å². The third-order valence-electron chi connectivity index (χ3n) is 4.94. The van der Waals surface area contributed by atoms with E-state index >= 15 is 0 Å². The smallest absolute Gasteiger partial charge is 1.00 e. The van der Waals surface area contributed by atoms with Crippen molar-refractivity contribution in [2.24, 2.45) is 0 Å². The standard InChI is InChI=1S/C15H20P.C10H15.2ClH.Hf/c1-3-9-16(10-4-2)15-11-13-7-5-6-8-14(13)12-15;1-3-4-7-10-8-5-6-9(10)2;;;/h5-8,11-12H,3-4,9-10H2,1-2H3;6H,3-5,7H2,1-2H3;2*1H;/q2*-1;;;+4/p-2. The average Bonchev–Trinajstić information content (AvgIpc) is 3.26. The predicted molar refractivity (Wildman–Crippen MR) is 121 cm³/mol. The molecule has 2 aromatic carbocycles. The molecule has 0 amide bonds. The molecule has 2 aromatic rings. The Kier molecular flexibility index (Phi) is 19.3. The van der Waals surface area contributed by atoms with Crippen LogP contribution in [0.3, 0.4) is 0 Å². The van der Waals surface area contributed by atoms with Crippen LogP contribution in [-0.4, -0.2) is 12.3 Å². The van der Waals surface area contributed by atoms with Gasteiger partial charge in [0.25, 0.3) is 0 Å². The summed E-state index contributed by atoms with van der Waals surface area (Å²) in [5, 5.41) is 4.44. The molecule has 3 rings (SSSR count). The number of halogens is 2. The van der Waals surface area contributed by atoms with E-state index in [1.165, 1.54) is 66.3 Å². The zero-order chi connectivity index (χ0) is 18.8. The second-order valence-corrected chi connectivity index (χ2v) is 9.67. The van der Waals surface area contributed by atoms with Crippen molar-refractivity contribution in [2.45, 2.75) is 66.2 Å². The number of hydrogen-bond donors (Lipinski definition) is 0. The zero-order valence-corrected chi connectivity index (χ0v) is 24.4. The van der Waals surface area contributed by atoms with Crippen LogP contribution in [0.5, 0.6) is 0 Å². The Labute approximate surface area is 211 Å². The van der Waals surface area contributed by atoms with Crippen LogP contribution in [0.15, 0.2) is 53.6 Å². The fourth-order valence-corrected chi connectivity index (χ4v) is 5.92. The summed E-state index contributed by atoms with van der Waals surface area (Å²) in [7, 11) is 0.0972. The van der Waals surface area contributed by atoms with Crippen molar-refractivity contribution < 1.29 is 50.7 Å². The summed E-state index contributed by atoms with van der Waals surface area (Å²) in [6.45, 7) is 9.01. The molecule has 4 heteroatoms. The van der Waals surface area contributed by atoms with E-state index in [-0.39, 0.29) is 58.6 Å². The Hall–Kier alpha value is 0.190. The van der Waals surface area contributed by atoms with Crippen LogP contribution in [0.4, 0.5) is 0 Å². The number of benzene rings is 1. The summed E-state index contributed by atoms with van der Waals surface area (Å²) in [5.41, 5.74) is 2.91. The Morgan fingerprint density at radius 2 is 1.66 bits per heavy atom. The number of unbranched alkanes of at least 4 members (excludes halogenated alkanes) is 1. The monoisotopic (exact) mass is 616 g/mol. The van der Waals surface area contributed by atoms with Crippen molar-refractivity contribution in [3.63, 3.8) is 0 Å². The van der Waals surface area contributed by atoms with Gasteiger partial charge in [-0.2, -0.15) is 12.1 Å². The third kappa shape index (κ3) is 10.4. The summed E-state index contributed by atoms with van der Waals surface area (Å²) in [6.07, 6.45) is 15.9. The molecule has 0 heterocycles. The van der Waals surface area contributed by atoms with E-state index in [9.17, 15) is 0 Å². The zero-order valence-electron chi connectivity index (χ0n) is 18.4. The first kappa shape index (κ1) is 31.4. The van der Waals surface area contributed by atoms with Crippen LogP contribution >= 0.6 is 7.92 Å². The maximum Gasteiger partial charge on any atom is 4.00 e. The number of rotatable bonds is 8. The minimum absolute atomic E-state index is 0. The van der Waals surface area contributed by atoms with E-state index in [0.717, 1.165) is 6.42 Å². The molecule has 0 aliphatic heterocycles. The maximum atomic E-state index is 3.37. The number of allylic oxidation sites excluding steroid dienone is 4. The van der Waals surface area contributed by atoms with Crippen LogP contribution in [0.2, 0.25) is 0 Å². The van der Waals surface area contributed by atoms with E-state index in [1.807, 2.05) is 0 Å². The van der Waals surface area contributed by atoms with Crippen LogP contribution < -0.4 is 30.1 Å². The van der Waals surface area contributed by atoms with Gasteiger partial charge in [0.1, 0.15) is 0 Å². The van der Waals surface area contributed by atoms with Crippen molar-refractivity contribution in [3.05, 3.63) is 59.7 Å². The van der Waals surface area contributed by atoms with Crippen molar-refractivity contribution in [3.8, 4) is 0 Å². The minimum Gasteiger partial charge on any atom is -1.00 e. The van der Waals surface area contributed by atoms with Gasteiger partial charge in [0.15, 0.2) is 0 Å². The van der Waals surface area contributed by atoms with Crippen LogP contribution in [-0.2, 0) is 25.8 Å². The Morgan fingerprint density at radius 3 is 2.17 bits per heavy atom. The molecule has 0 unspecified atom stereocenters. The Bertz CT molecular complexity index is 694. The predicted octanol–water partition coefficient (Wildman–Crippen LogP) is 1.75. The SMILES string of the molecule is CCCCC1=[C-]CC=C1C.CCCP(CCC)c1cc2ccccc2[cH-]1.[Cl-].[Cl-].[Hf+4]. The summed E-state index contributed by atoms with van der Waals surface area (Å²) in [5.74, 6) is 0. The van der Waals surface area contributed by atoms with E-state index in [2.05, 4.69) is 76.2 Å². The topological polar surface area (TPSA) is 0 Å². The molecular formula is C25H35Cl2HfP. The van der Waals surface area contributed by atoms with Gasteiger partial charge >= 0.3 is 25.8 Å². The summed E-state index contributed by atoms with van der Waals surface area (Å²) in [4.78, 5) is 0. The van der Waals surface area contributed by atoms with E-state index in [0.29, 0.717) is 0 Å². The van der Waals surface area contributed by atoms with Gasteiger partial charge in [0.2, 0.25) is 0 Å². The second kappa shape index (κ2) is 17.8. The molecule has 0 aromatic heterocycles. The molecule has 0 bridgehead atoms. The molecule has 0 spiro atoms. The molecule has 0 radical (unpaired) electrons. The van der Waals surface area contributed by atoms with Gasteiger partial charge < -0.3 is 24.8 Å². The van der Waals surface area contributed by atoms with E-state index in [4.69, 9.17) is 0 Å². The molecule has 0 atom stereocenters. The third-order valence-corrected chi connectivity index (χ3v) is 7.90. The fraction of sp³-hybridized carbons (Fsp3) is 0.480. The van der Waals surface area contributed by atoms with Gasteiger partial charge in [-0.25, -0.2) is 11.1 Å². The summed E-state index contributed by atoms with van der Waals surface area (Å²) < 4.78 is 0. The first-order valence-electron chi connectivity index (χ1n) is 10.4. The van der Waals surface area contributed by atoms with Gasteiger partial charge in [-0.3, -0.25) is 6.08 Å². The molecule has 1 aliphatic rings. The van der Waals surface area contributed by atoms with Crippen LogP contribution in [0.25, 0.3) is 10.8 Å². The molecule has 0 saturated heterocycles. The van der Waals surface area contributed by atoms with Gasteiger partial charge in [-0.15, -0.1) is 53.7 Å². The summed E-state index contributed by atoms with van der Waals surface area (Å²) >= 11 is 0. The molecule has 0 fully saturated rings. The van der Waals surface area contributed by atoms with Gasteiger partial charge in [0, 0.05) is 0 Å². The molecule has 158 valence electrons. The normalized spacial score (nSPS) is 12.2. The molecule has 1 aliphatic carbocycles. The average molecular weight is 616 g/mol. The van der Waals surface area contributed by atoms with Gasteiger partial charge in [-0.1, -0.05) is 66.9 Å². The minimum atomic E-state index is 0. The largest absolute Gasteiger partial charge is 4.00 e. The maximum absolute atomic E-state index is 3.37. The Balaban J connectivity index is 0. The number of hydrogen-bond acceptors (Lipinski definition) is 0. The first-order chi connectivity index (χ1) is 12.7. The molecular weight excluding hydrogens is 581 g/mol. The molecule has 0 nitrogen and oxygen atoms in total. The fourth-order valence-electron chi connectivity index (χ4n) is 3.46. The van der Waals surface area contributed by atoms with Crippen molar-refractivity contribution in [2.75, 3.05) is 12.3 Å². The van der Waals surface area contributed by atoms with Crippen LogP contribution in [0, 0.1) is 6.08 Å². The Morgan fingerprint density at radius 1 is 1.00 bits per heavy atom. The summed E-state index contributed by atoms with van der Waals surface area (Å²) in [6, 6.07) is 13.5. The first-order valence-corrected chi connectivity index (χ1v) is 12.1. The van der Waals surface area contributed by atoms with E-state index < -0.39 is 0 Å². The van der Waals surface area contributed by atoms with Crippen molar-refractivity contribution in [1.29, 1.82) is 0 Å².